The number of ether oxygens (including phenoxy) is 1. The van der Waals surface area contributed by atoms with Gasteiger partial charge in [-0.3, -0.25) is 0 Å². The molecule has 1 aliphatic rings. The number of nitrogens with zero attached hydrogens (tertiary/aromatic N) is 1. The van der Waals surface area contributed by atoms with Crippen LogP contribution in [0.5, 0.6) is 0 Å². The van der Waals surface area contributed by atoms with Crippen molar-refractivity contribution in [1.82, 2.24) is 10.2 Å². The molecule has 0 atom stereocenters. The lowest BCUT2D eigenvalue weighted by atomic mass is 9.70. The Morgan fingerprint density at radius 2 is 1.95 bits per heavy atom. The first-order valence-corrected chi connectivity index (χ1v) is 7.88. The van der Waals surface area contributed by atoms with Gasteiger partial charge in [-0.25, -0.2) is 0 Å². The maximum Gasteiger partial charge on any atom is 0.0589 e. The summed E-state index contributed by atoms with van der Waals surface area (Å²) >= 11 is 0. The van der Waals surface area contributed by atoms with Crippen LogP contribution in [0.2, 0.25) is 0 Å². The second kappa shape index (κ2) is 8.23. The van der Waals surface area contributed by atoms with Crippen LogP contribution in [-0.4, -0.2) is 51.3 Å². The average molecular weight is 270 g/mol. The van der Waals surface area contributed by atoms with E-state index in [-0.39, 0.29) is 0 Å². The van der Waals surface area contributed by atoms with E-state index in [1.807, 2.05) is 0 Å². The monoisotopic (exact) mass is 270 g/mol. The van der Waals surface area contributed by atoms with Gasteiger partial charge in [0, 0.05) is 32.8 Å². The molecular formula is C16H34N2O. The van der Waals surface area contributed by atoms with Gasteiger partial charge < -0.3 is 15.0 Å². The molecule has 1 rings (SSSR count). The zero-order valence-corrected chi connectivity index (χ0v) is 13.7. The predicted molar refractivity (Wildman–Crippen MR) is 82.6 cm³/mol. The van der Waals surface area contributed by atoms with Gasteiger partial charge in [-0.05, 0) is 31.2 Å². The van der Waals surface area contributed by atoms with Gasteiger partial charge in [-0.1, -0.05) is 33.6 Å². The molecule has 0 aromatic heterocycles. The molecular weight excluding hydrogens is 236 g/mol. The van der Waals surface area contributed by atoms with Gasteiger partial charge in [0.2, 0.25) is 0 Å². The molecule has 1 saturated carbocycles. The van der Waals surface area contributed by atoms with Crippen LogP contribution in [0, 0.1) is 11.3 Å². The predicted octanol–water partition coefficient (Wildman–Crippen LogP) is 2.76. The smallest absolute Gasteiger partial charge is 0.0589 e. The maximum atomic E-state index is 5.19. The average Bonchev–Trinajstić information content (AvgIpc) is 2.37. The van der Waals surface area contributed by atoms with Crippen molar-refractivity contribution in [2.75, 3.05) is 40.4 Å². The SMILES string of the molecule is COCCN(C)CC1(CNC(C)C)CCC(C)CC1. The quantitative estimate of drug-likeness (QED) is 0.734. The summed E-state index contributed by atoms with van der Waals surface area (Å²) < 4.78 is 5.19. The van der Waals surface area contributed by atoms with Crippen molar-refractivity contribution in [3.8, 4) is 0 Å². The Morgan fingerprint density at radius 1 is 1.32 bits per heavy atom. The molecule has 0 aromatic carbocycles. The molecule has 1 aliphatic carbocycles. The van der Waals surface area contributed by atoms with E-state index >= 15 is 0 Å². The normalized spacial score (nSPS) is 28.3. The van der Waals surface area contributed by atoms with Crippen LogP contribution in [-0.2, 0) is 4.74 Å². The van der Waals surface area contributed by atoms with E-state index in [0.29, 0.717) is 11.5 Å². The third-order valence-corrected chi connectivity index (χ3v) is 4.50. The first-order chi connectivity index (χ1) is 8.97. The highest BCUT2D eigenvalue weighted by Crippen LogP contribution is 2.39. The van der Waals surface area contributed by atoms with Crippen molar-refractivity contribution >= 4 is 0 Å². The minimum absolute atomic E-state index is 0.471. The summed E-state index contributed by atoms with van der Waals surface area (Å²) in [5.41, 5.74) is 0.471. The number of methoxy groups -OCH3 is 1. The highest BCUT2D eigenvalue weighted by molar-refractivity contribution is 4.89. The van der Waals surface area contributed by atoms with E-state index in [9.17, 15) is 0 Å². The van der Waals surface area contributed by atoms with Gasteiger partial charge in [0.1, 0.15) is 0 Å². The zero-order valence-electron chi connectivity index (χ0n) is 13.7. The Morgan fingerprint density at radius 3 is 2.47 bits per heavy atom. The Bertz CT molecular complexity index is 235. The maximum absolute atomic E-state index is 5.19. The van der Waals surface area contributed by atoms with Crippen LogP contribution in [0.15, 0.2) is 0 Å². The van der Waals surface area contributed by atoms with Gasteiger partial charge in [0.25, 0.3) is 0 Å². The summed E-state index contributed by atoms with van der Waals surface area (Å²) in [7, 11) is 4.01. The molecule has 0 bridgehead atoms. The topological polar surface area (TPSA) is 24.5 Å². The molecule has 19 heavy (non-hydrogen) atoms. The van der Waals surface area contributed by atoms with Crippen molar-refractivity contribution in [2.24, 2.45) is 11.3 Å². The lowest BCUT2D eigenvalue weighted by Gasteiger charge is -2.42. The molecule has 0 saturated heterocycles. The molecule has 0 aliphatic heterocycles. The molecule has 0 unspecified atom stereocenters. The molecule has 0 amide bonds. The summed E-state index contributed by atoms with van der Waals surface area (Å²) in [6.07, 6.45) is 5.51. The van der Waals surface area contributed by atoms with Gasteiger partial charge in [0.15, 0.2) is 0 Å². The minimum Gasteiger partial charge on any atom is -0.383 e. The largest absolute Gasteiger partial charge is 0.383 e. The van der Waals surface area contributed by atoms with Crippen molar-refractivity contribution < 1.29 is 4.74 Å². The van der Waals surface area contributed by atoms with Crippen LogP contribution in [0.4, 0.5) is 0 Å². The molecule has 0 radical (unpaired) electrons. The molecule has 3 heteroatoms. The zero-order chi connectivity index (χ0) is 14.3. The lowest BCUT2D eigenvalue weighted by Crippen LogP contribution is -2.47. The molecule has 0 spiro atoms. The van der Waals surface area contributed by atoms with Gasteiger partial charge in [-0.2, -0.15) is 0 Å². The van der Waals surface area contributed by atoms with Crippen molar-refractivity contribution in [3.05, 3.63) is 0 Å². The van der Waals surface area contributed by atoms with Gasteiger partial charge in [-0.15, -0.1) is 0 Å². The minimum atomic E-state index is 0.471. The first kappa shape index (κ1) is 16.9. The fraction of sp³-hybridized carbons (Fsp3) is 1.00. The molecule has 1 N–H and O–H groups in total. The summed E-state index contributed by atoms with van der Waals surface area (Å²) in [4.78, 5) is 2.45. The van der Waals surface area contributed by atoms with E-state index < -0.39 is 0 Å². The van der Waals surface area contributed by atoms with E-state index in [0.717, 1.165) is 25.6 Å². The number of likely N-dealkylation sites (N-methyl/N-ethyl adjacent to an activating group) is 1. The molecule has 3 nitrogen and oxygen atoms in total. The lowest BCUT2D eigenvalue weighted by molar-refractivity contribution is 0.0801. The fourth-order valence-corrected chi connectivity index (χ4v) is 3.08. The van der Waals surface area contributed by atoms with Gasteiger partial charge >= 0.3 is 0 Å². The number of hydrogen-bond donors (Lipinski definition) is 1. The van der Waals surface area contributed by atoms with Crippen LogP contribution >= 0.6 is 0 Å². The van der Waals surface area contributed by atoms with Crippen molar-refractivity contribution in [2.45, 2.75) is 52.5 Å². The third kappa shape index (κ3) is 6.24. The summed E-state index contributed by atoms with van der Waals surface area (Å²) in [6.45, 7) is 11.1. The second-order valence-electron chi connectivity index (χ2n) is 6.95. The van der Waals surface area contributed by atoms with E-state index in [2.05, 4.69) is 38.0 Å². The summed E-state index contributed by atoms with van der Waals surface area (Å²) in [5.74, 6) is 0.913. The van der Waals surface area contributed by atoms with Crippen LogP contribution < -0.4 is 5.32 Å². The van der Waals surface area contributed by atoms with Gasteiger partial charge in [0.05, 0.1) is 6.61 Å². The molecule has 1 fully saturated rings. The van der Waals surface area contributed by atoms with Crippen LogP contribution in [0.3, 0.4) is 0 Å². The van der Waals surface area contributed by atoms with Crippen LogP contribution in [0.1, 0.15) is 46.5 Å². The van der Waals surface area contributed by atoms with E-state index in [4.69, 9.17) is 4.74 Å². The Kier molecular flexibility index (Phi) is 7.33. The van der Waals surface area contributed by atoms with E-state index in [1.165, 1.54) is 32.2 Å². The molecule has 0 aromatic rings. The standard InChI is InChI=1S/C16H34N2O/c1-14(2)17-12-16(8-6-15(3)7-9-16)13-18(4)10-11-19-5/h14-15,17H,6-13H2,1-5H3. The van der Waals surface area contributed by atoms with Crippen LogP contribution in [0.25, 0.3) is 0 Å². The summed E-state index contributed by atoms with van der Waals surface area (Å²) in [6, 6.07) is 0.584. The molecule has 0 heterocycles. The third-order valence-electron chi connectivity index (χ3n) is 4.50. The fourth-order valence-electron chi connectivity index (χ4n) is 3.08. The highest BCUT2D eigenvalue weighted by Gasteiger charge is 2.34. The Hall–Kier alpha value is -0.120. The second-order valence-corrected chi connectivity index (χ2v) is 6.95. The first-order valence-electron chi connectivity index (χ1n) is 7.88. The molecule has 114 valence electrons. The number of nitrogens with one attached hydrogen (secondary N) is 1. The van der Waals surface area contributed by atoms with E-state index in [1.54, 1.807) is 7.11 Å². The van der Waals surface area contributed by atoms with Crippen molar-refractivity contribution in [3.63, 3.8) is 0 Å². The number of hydrogen-bond acceptors (Lipinski definition) is 3. The Balaban J connectivity index is 2.53. The Labute approximate surface area is 120 Å². The van der Waals surface area contributed by atoms with Crippen molar-refractivity contribution in [1.29, 1.82) is 0 Å². The highest BCUT2D eigenvalue weighted by atomic mass is 16.5. The number of rotatable bonds is 8. The summed E-state index contributed by atoms with van der Waals surface area (Å²) in [5, 5.41) is 3.67.